The Balaban J connectivity index is 1.53. The van der Waals surface area contributed by atoms with Gasteiger partial charge in [-0.15, -0.1) is 0 Å². The molecule has 0 aliphatic heterocycles. The fourth-order valence-electron chi connectivity index (χ4n) is 3.19. The van der Waals surface area contributed by atoms with E-state index in [-0.39, 0.29) is 17.7 Å². The molecule has 0 saturated carbocycles. The first-order valence-corrected chi connectivity index (χ1v) is 9.67. The molecular formula is C22H20ClN3O3. The first-order chi connectivity index (χ1) is 14.1. The van der Waals surface area contributed by atoms with E-state index in [0.29, 0.717) is 18.2 Å². The third-order valence-corrected chi connectivity index (χ3v) is 4.81. The van der Waals surface area contributed by atoms with Gasteiger partial charge in [0.15, 0.2) is 5.76 Å². The number of benzene rings is 2. The molecule has 7 heteroatoms. The van der Waals surface area contributed by atoms with E-state index in [1.807, 2.05) is 43.3 Å². The summed E-state index contributed by atoms with van der Waals surface area (Å²) in [5.74, 6) is 1.49. The highest BCUT2D eigenvalue weighted by Crippen LogP contribution is 2.22. The molecule has 6 nitrogen and oxygen atoms in total. The van der Waals surface area contributed by atoms with E-state index in [9.17, 15) is 4.79 Å². The Morgan fingerprint density at radius 2 is 1.97 bits per heavy atom. The zero-order chi connectivity index (χ0) is 20.2. The smallest absolute Gasteiger partial charge is 0.287 e. The van der Waals surface area contributed by atoms with Crippen LogP contribution < -0.4 is 10.1 Å². The van der Waals surface area contributed by atoms with Crippen molar-refractivity contribution in [1.82, 2.24) is 14.9 Å². The van der Waals surface area contributed by atoms with E-state index in [0.717, 1.165) is 22.6 Å². The molecule has 2 heterocycles. The van der Waals surface area contributed by atoms with Gasteiger partial charge < -0.3 is 19.0 Å². The number of nitrogens with one attached hydrogen (secondary N) is 1. The lowest BCUT2D eigenvalue weighted by Crippen LogP contribution is -2.28. The molecular weight excluding hydrogens is 390 g/mol. The number of halogens is 1. The van der Waals surface area contributed by atoms with Crippen molar-refractivity contribution in [2.45, 2.75) is 19.5 Å². The van der Waals surface area contributed by atoms with Crippen LogP contribution in [0.4, 0.5) is 0 Å². The van der Waals surface area contributed by atoms with Crippen molar-refractivity contribution in [1.29, 1.82) is 0 Å². The predicted molar refractivity (Wildman–Crippen MR) is 111 cm³/mol. The lowest BCUT2D eigenvalue weighted by Gasteiger charge is -2.16. The van der Waals surface area contributed by atoms with Crippen molar-refractivity contribution in [3.63, 3.8) is 0 Å². The molecule has 0 aliphatic carbocycles. The molecule has 1 atom stereocenters. The van der Waals surface area contributed by atoms with E-state index < -0.39 is 0 Å². The normalized spacial score (nSPS) is 12.1. The number of aromatic nitrogens is 2. The molecule has 0 saturated heterocycles. The van der Waals surface area contributed by atoms with Crippen LogP contribution in [0.15, 0.2) is 71.3 Å². The van der Waals surface area contributed by atoms with Gasteiger partial charge in [0.25, 0.3) is 5.91 Å². The van der Waals surface area contributed by atoms with Crippen molar-refractivity contribution in [2.75, 3.05) is 6.61 Å². The van der Waals surface area contributed by atoms with Gasteiger partial charge in [0.05, 0.1) is 29.9 Å². The standard InChI is InChI=1S/C22H20ClN3O3/c1-15(24-22(27)20-7-4-13-29-20)21-25-18-5-2-3-6-19(18)26(21)12-14-28-17-10-8-16(23)9-11-17/h2-11,13,15H,12,14H2,1H3,(H,24,27)/t15-/m1/s1. The Kier molecular flexibility index (Phi) is 5.53. The molecule has 2 aromatic heterocycles. The number of hydrogen-bond donors (Lipinski definition) is 1. The number of hydrogen-bond acceptors (Lipinski definition) is 4. The van der Waals surface area contributed by atoms with Crippen LogP contribution in [0.5, 0.6) is 5.75 Å². The van der Waals surface area contributed by atoms with Gasteiger partial charge in [-0.05, 0) is 55.5 Å². The van der Waals surface area contributed by atoms with E-state index in [1.54, 1.807) is 24.3 Å². The number of nitrogens with zero attached hydrogens (tertiary/aromatic N) is 2. The molecule has 0 aliphatic rings. The van der Waals surface area contributed by atoms with Gasteiger partial charge >= 0.3 is 0 Å². The largest absolute Gasteiger partial charge is 0.492 e. The number of carbonyl (C=O) groups is 1. The highest BCUT2D eigenvalue weighted by Gasteiger charge is 2.20. The van der Waals surface area contributed by atoms with Crippen molar-refractivity contribution < 1.29 is 13.9 Å². The number of fused-ring (bicyclic) bond motifs is 1. The molecule has 1 amide bonds. The summed E-state index contributed by atoms with van der Waals surface area (Å²) in [6.45, 7) is 2.94. The molecule has 0 radical (unpaired) electrons. The minimum Gasteiger partial charge on any atom is -0.492 e. The molecule has 148 valence electrons. The lowest BCUT2D eigenvalue weighted by atomic mass is 10.3. The van der Waals surface area contributed by atoms with Gasteiger partial charge in [-0.1, -0.05) is 23.7 Å². The van der Waals surface area contributed by atoms with Crippen molar-refractivity contribution in [2.24, 2.45) is 0 Å². The van der Waals surface area contributed by atoms with Gasteiger partial charge in [0, 0.05) is 5.02 Å². The number of para-hydroxylation sites is 2. The van der Waals surface area contributed by atoms with Crippen LogP contribution in [-0.2, 0) is 6.54 Å². The number of ether oxygens (including phenoxy) is 1. The highest BCUT2D eigenvalue weighted by atomic mass is 35.5. The van der Waals surface area contributed by atoms with Gasteiger partial charge in [-0.25, -0.2) is 4.98 Å². The summed E-state index contributed by atoms with van der Waals surface area (Å²) in [6, 6.07) is 18.1. The van der Waals surface area contributed by atoms with Crippen LogP contribution in [-0.4, -0.2) is 22.1 Å². The van der Waals surface area contributed by atoms with Gasteiger partial charge in [-0.3, -0.25) is 4.79 Å². The molecule has 0 unspecified atom stereocenters. The highest BCUT2D eigenvalue weighted by molar-refractivity contribution is 6.30. The second-order valence-electron chi connectivity index (χ2n) is 6.59. The summed E-state index contributed by atoms with van der Waals surface area (Å²) in [6.07, 6.45) is 1.48. The summed E-state index contributed by atoms with van der Waals surface area (Å²) < 4.78 is 13.1. The van der Waals surface area contributed by atoms with Crippen molar-refractivity contribution in [3.8, 4) is 5.75 Å². The first-order valence-electron chi connectivity index (χ1n) is 9.30. The van der Waals surface area contributed by atoms with Gasteiger partial charge in [-0.2, -0.15) is 0 Å². The molecule has 29 heavy (non-hydrogen) atoms. The first kappa shape index (κ1) is 19.1. The second kappa shape index (κ2) is 8.41. The maximum Gasteiger partial charge on any atom is 0.287 e. The third-order valence-electron chi connectivity index (χ3n) is 4.56. The zero-order valence-electron chi connectivity index (χ0n) is 15.8. The Morgan fingerprint density at radius 1 is 1.17 bits per heavy atom. The van der Waals surface area contributed by atoms with Gasteiger partial charge in [0.2, 0.25) is 0 Å². The van der Waals surface area contributed by atoms with E-state index in [1.165, 1.54) is 6.26 Å². The minimum absolute atomic E-state index is 0.269. The molecule has 4 rings (SSSR count). The fourth-order valence-corrected chi connectivity index (χ4v) is 3.31. The van der Waals surface area contributed by atoms with Crippen LogP contribution in [0.1, 0.15) is 29.3 Å². The third kappa shape index (κ3) is 4.27. The number of imidazole rings is 1. The summed E-state index contributed by atoms with van der Waals surface area (Å²) in [4.78, 5) is 17.1. The summed E-state index contributed by atoms with van der Waals surface area (Å²) in [5, 5.41) is 3.61. The van der Waals surface area contributed by atoms with Crippen LogP contribution >= 0.6 is 11.6 Å². The number of rotatable bonds is 7. The summed E-state index contributed by atoms with van der Waals surface area (Å²) >= 11 is 5.92. The predicted octanol–water partition coefficient (Wildman–Crippen LogP) is 4.85. The maximum atomic E-state index is 12.4. The average molecular weight is 410 g/mol. The maximum absolute atomic E-state index is 12.4. The van der Waals surface area contributed by atoms with Crippen molar-refractivity contribution >= 4 is 28.5 Å². The number of furan rings is 1. The SMILES string of the molecule is C[C@@H](NC(=O)c1ccco1)c1nc2ccccc2n1CCOc1ccc(Cl)cc1. The Bertz CT molecular complexity index is 1100. The van der Waals surface area contributed by atoms with E-state index in [2.05, 4.69) is 9.88 Å². The molecule has 4 aromatic rings. The van der Waals surface area contributed by atoms with Crippen LogP contribution in [0.2, 0.25) is 5.02 Å². The number of carbonyl (C=O) groups excluding carboxylic acids is 1. The van der Waals surface area contributed by atoms with Crippen LogP contribution in [0, 0.1) is 0 Å². The summed E-state index contributed by atoms with van der Waals surface area (Å²) in [7, 11) is 0. The molecule has 0 fully saturated rings. The molecule has 2 aromatic carbocycles. The topological polar surface area (TPSA) is 69.3 Å². The van der Waals surface area contributed by atoms with E-state index in [4.69, 9.17) is 25.7 Å². The Labute approximate surface area is 173 Å². The van der Waals surface area contributed by atoms with Crippen LogP contribution in [0.25, 0.3) is 11.0 Å². The second-order valence-corrected chi connectivity index (χ2v) is 7.02. The Morgan fingerprint density at radius 3 is 2.72 bits per heavy atom. The fraction of sp³-hybridized carbons (Fsp3) is 0.182. The van der Waals surface area contributed by atoms with Gasteiger partial charge in [0.1, 0.15) is 18.2 Å². The van der Waals surface area contributed by atoms with Crippen molar-refractivity contribution in [3.05, 3.63) is 83.5 Å². The molecule has 0 bridgehead atoms. The summed E-state index contributed by atoms with van der Waals surface area (Å²) in [5.41, 5.74) is 1.86. The molecule has 1 N–H and O–H groups in total. The minimum atomic E-state index is -0.310. The van der Waals surface area contributed by atoms with Crippen LogP contribution in [0.3, 0.4) is 0 Å². The quantitative estimate of drug-likeness (QED) is 0.473. The Hall–Kier alpha value is -3.25. The lowest BCUT2D eigenvalue weighted by molar-refractivity contribution is 0.0909. The average Bonchev–Trinajstić information content (AvgIpc) is 3.38. The zero-order valence-corrected chi connectivity index (χ0v) is 16.6. The van der Waals surface area contributed by atoms with E-state index >= 15 is 0 Å². The molecule has 0 spiro atoms. The number of amides is 1. The monoisotopic (exact) mass is 409 g/mol.